The van der Waals surface area contributed by atoms with Gasteiger partial charge in [-0.1, -0.05) is 19.1 Å². The van der Waals surface area contributed by atoms with E-state index in [9.17, 15) is 9.59 Å². The third-order valence-corrected chi connectivity index (χ3v) is 4.24. The third kappa shape index (κ3) is 3.76. The Bertz CT molecular complexity index is 1040. The summed E-state index contributed by atoms with van der Waals surface area (Å²) in [6, 6.07) is 12.2. The Labute approximate surface area is 156 Å². The zero-order valence-corrected chi connectivity index (χ0v) is 15.5. The van der Waals surface area contributed by atoms with Gasteiger partial charge in [-0.15, -0.1) is 0 Å². The van der Waals surface area contributed by atoms with Crippen molar-refractivity contribution in [3.8, 4) is 11.5 Å². The van der Waals surface area contributed by atoms with Crippen LogP contribution in [0.1, 0.15) is 12.7 Å². The molecule has 7 heteroatoms. The first-order valence-electron chi connectivity index (χ1n) is 8.57. The van der Waals surface area contributed by atoms with Crippen LogP contribution in [0, 0.1) is 0 Å². The smallest absolute Gasteiger partial charge is 0.261 e. The largest absolute Gasteiger partial charge is 0.497 e. The van der Waals surface area contributed by atoms with Gasteiger partial charge in [0.15, 0.2) is 0 Å². The lowest BCUT2D eigenvalue weighted by Crippen LogP contribution is -2.31. The minimum absolute atomic E-state index is 0.130. The number of methoxy groups -OCH3 is 2. The number of benzene rings is 2. The number of anilines is 1. The predicted octanol–water partition coefficient (Wildman–Crippen LogP) is 2.61. The number of aromatic nitrogens is 2. The number of nitrogens with one attached hydrogen (secondary N) is 1. The number of hydrogen-bond donors (Lipinski definition) is 1. The van der Waals surface area contributed by atoms with E-state index in [1.165, 1.54) is 11.7 Å². The Balaban J connectivity index is 1.90. The number of carbonyl (C=O) groups is 1. The van der Waals surface area contributed by atoms with Gasteiger partial charge in [-0.2, -0.15) is 0 Å². The number of amides is 1. The molecule has 27 heavy (non-hydrogen) atoms. The van der Waals surface area contributed by atoms with Crippen molar-refractivity contribution in [2.75, 3.05) is 19.5 Å². The van der Waals surface area contributed by atoms with Crippen LogP contribution < -0.4 is 20.3 Å². The van der Waals surface area contributed by atoms with Crippen molar-refractivity contribution in [1.29, 1.82) is 0 Å². The van der Waals surface area contributed by atoms with E-state index in [4.69, 9.17) is 9.47 Å². The Morgan fingerprint density at radius 2 is 1.93 bits per heavy atom. The lowest BCUT2D eigenvalue weighted by molar-refractivity contribution is -0.116. The van der Waals surface area contributed by atoms with E-state index in [0.717, 1.165) is 0 Å². The molecule has 0 aliphatic rings. The molecule has 1 amide bonds. The zero-order chi connectivity index (χ0) is 19.4. The van der Waals surface area contributed by atoms with Crippen molar-refractivity contribution in [1.82, 2.24) is 9.55 Å². The maximum atomic E-state index is 12.8. The van der Waals surface area contributed by atoms with Gasteiger partial charge >= 0.3 is 0 Å². The van der Waals surface area contributed by atoms with Crippen molar-refractivity contribution < 1.29 is 14.3 Å². The highest BCUT2D eigenvalue weighted by atomic mass is 16.5. The second kappa shape index (κ2) is 7.90. The van der Waals surface area contributed by atoms with Crippen LogP contribution in [0.5, 0.6) is 11.5 Å². The number of hydrogen-bond acceptors (Lipinski definition) is 5. The fourth-order valence-corrected chi connectivity index (χ4v) is 2.88. The van der Waals surface area contributed by atoms with E-state index >= 15 is 0 Å². The van der Waals surface area contributed by atoms with Crippen LogP contribution in [0.3, 0.4) is 0 Å². The standard InChI is InChI=1S/C20H21N3O4/c1-4-18-21-15-8-6-5-7-14(15)20(25)23(18)12-19(24)22-16-10-9-13(26-2)11-17(16)27-3/h5-11H,4,12H2,1-3H3,(H,22,24). The molecular weight excluding hydrogens is 346 g/mol. The molecule has 0 aliphatic carbocycles. The van der Waals surface area contributed by atoms with Gasteiger partial charge in [0.1, 0.15) is 23.9 Å². The van der Waals surface area contributed by atoms with Crippen molar-refractivity contribution in [2.45, 2.75) is 19.9 Å². The lowest BCUT2D eigenvalue weighted by Gasteiger charge is -2.14. The monoisotopic (exact) mass is 367 g/mol. The van der Waals surface area contributed by atoms with Crippen LogP contribution in [-0.2, 0) is 17.8 Å². The lowest BCUT2D eigenvalue weighted by atomic mass is 10.2. The summed E-state index contributed by atoms with van der Waals surface area (Å²) in [4.78, 5) is 29.9. The van der Waals surface area contributed by atoms with Crippen molar-refractivity contribution >= 4 is 22.5 Å². The molecule has 1 heterocycles. The zero-order valence-electron chi connectivity index (χ0n) is 15.5. The van der Waals surface area contributed by atoms with Crippen molar-refractivity contribution in [3.05, 3.63) is 58.6 Å². The summed E-state index contributed by atoms with van der Waals surface area (Å²) in [6.45, 7) is 1.77. The molecule has 0 aliphatic heterocycles. The quantitative estimate of drug-likeness (QED) is 0.724. The summed E-state index contributed by atoms with van der Waals surface area (Å²) < 4.78 is 11.9. The Kier molecular flexibility index (Phi) is 5.40. The summed E-state index contributed by atoms with van der Waals surface area (Å²) in [6.07, 6.45) is 0.541. The maximum Gasteiger partial charge on any atom is 0.261 e. The SMILES string of the molecule is CCc1nc2ccccc2c(=O)n1CC(=O)Nc1ccc(OC)cc1OC. The van der Waals surface area contributed by atoms with Crippen molar-refractivity contribution in [3.63, 3.8) is 0 Å². The first kappa shape index (κ1) is 18.4. The van der Waals surface area contributed by atoms with Gasteiger partial charge in [-0.3, -0.25) is 14.2 Å². The number of nitrogens with zero attached hydrogens (tertiary/aromatic N) is 2. The van der Waals surface area contributed by atoms with E-state index < -0.39 is 0 Å². The summed E-state index contributed by atoms with van der Waals surface area (Å²) in [5, 5.41) is 3.27. The van der Waals surface area contributed by atoms with E-state index in [-0.39, 0.29) is 18.0 Å². The molecule has 7 nitrogen and oxygen atoms in total. The molecule has 0 radical (unpaired) electrons. The molecule has 0 fully saturated rings. The molecule has 2 aromatic carbocycles. The second-order valence-electron chi connectivity index (χ2n) is 5.90. The molecule has 0 spiro atoms. The average Bonchev–Trinajstić information content (AvgIpc) is 2.70. The number of fused-ring (bicyclic) bond motifs is 1. The highest BCUT2D eigenvalue weighted by Crippen LogP contribution is 2.29. The van der Waals surface area contributed by atoms with Gasteiger partial charge in [0.25, 0.3) is 5.56 Å². The van der Waals surface area contributed by atoms with E-state index in [0.29, 0.717) is 40.3 Å². The van der Waals surface area contributed by atoms with E-state index in [2.05, 4.69) is 10.3 Å². The van der Waals surface area contributed by atoms with Crippen molar-refractivity contribution in [2.24, 2.45) is 0 Å². The van der Waals surface area contributed by atoms with Crippen LogP contribution in [0.25, 0.3) is 10.9 Å². The highest BCUT2D eigenvalue weighted by molar-refractivity contribution is 5.92. The van der Waals surface area contributed by atoms with Gasteiger partial charge in [0, 0.05) is 12.5 Å². The Hall–Kier alpha value is -3.35. The maximum absolute atomic E-state index is 12.8. The highest BCUT2D eigenvalue weighted by Gasteiger charge is 2.14. The summed E-state index contributed by atoms with van der Waals surface area (Å²) in [5.74, 6) is 1.32. The van der Waals surface area contributed by atoms with Gasteiger partial charge in [-0.05, 0) is 24.3 Å². The Morgan fingerprint density at radius 1 is 1.15 bits per heavy atom. The summed E-state index contributed by atoms with van der Waals surface area (Å²) in [7, 11) is 3.07. The second-order valence-corrected chi connectivity index (χ2v) is 5.90. The molecule has 1 N–H and O–H groups in total. The number of para-hydroxylation sites is 1. The van der Waals surface area contributed by atoms with E-state index in [1.807, 2.05) is 13.0 Å². The molecule has 0 saturated carbocycles. The van der Waals surface area contributed by atoms with Gasteiger partial charge in [0.05, 0.1) is 30.8 Å². The summed E-state index contributed by atoms with van der Waals surface area (Å²) in [5.41, 5.74) is 0.908. The first-order valence-corrected chi connectivity index (χ1v) is 8.57. The topological polar surface area (TPSA) is 82.5 Å². The number of carbonyl (C=O) groups excluding carboxylic acids is 1. The molecule has 0 saturated heterocycles. The van der Waals surface area contributed by atoms with Crippen LogP contribution >= 0.6 is 0 Å². The first-order chi connectivity index (χ1) is 13.1. The molecule has 3 aromatic rings. The van der Waals surface area contributed by atoms with Crippen LogP contribution in [-0.4, -0.2) is 29.7 Å². The van der Waals surface area contributed by atoms with Crippen LogP contribution in [0.2, 0.25) is 0 Å². The van der Waals surface area contributed by atoms with E-state index in [1.54, 1.807) is 43.5 Å². The minimum Gasteiger partial charge on any atom is -0.497 e. The number of ether oxygens (including phenoxy) is 2. The fraction of sp³-hybridized carbons (Fsp3) is 0.250. The van der Waals surface area contributed by atoms with Crippen LogP contribution in [0.15, 0.2) is 47.3 Å². The molecular formula is C20H21N3O4. The molecule has 0 atom stereocenters. The normalized spacial score (nSPS) is 10.6. The number of aryl methyl sites for hydroxylation is 1. The van der Waals surface area contributed by atoms with Gasteiger partial charge in [0.2, 0.25) is 5.91 Å². The molecule has 140 valence electrons. The minimum atomic E-state index is -0.340. The molecule has 0 unspecified atom stereocenters. The Morgan fingerprint density at radius 3 is 2.63 bits per heavy atom. The number of rotatable bonds is 6. The average molecular weight is 367 g/mol. The van der Waals surface area contributed by atoms with Crippen LogP contribution in [0.4, 0.5) is 5.69 Å². The molecule has 1 aromatic heterocycles. The fourth-order valence-electron chi connectivity index (χ4n) is 2.88. The van der Waals surface area contributed by atoms with Gasteiger partial charge in [-0.25, -0.2) is 4.98 Å². The molecule has 3 rings (SSSR count). The predicted molar refractivity (Wildman–Crippen MR) is 104 cm³/mol. The summed E-state index contributed by atoms with van der Waals surface area (Å²) >= 11 is 0. The third-order valence-electron chi connectivity index (χ3n) is 4.24. The van der Waals surface area contributed by atoms with Gasteiger partial charge < -0.3 is 14.8 Å². The molecule has 0 bridgehead atoms.